The van der Waals surface area contributed by atoms with Crippen molar-refractivity contribution in [2.24, 2.45) is 0 Å². The van der Waals surface area contributed by atoms with Gasteiger partial charge >= 0.3 is 0 Å². The summed E-state index contributed by atoms with van der Waals surface area (Å²) in [6.45, 7) is 8.34. The van der Waals surface area contributed by atoms with E-state index in [9.17, 15) is 4.79 Å². The standard InChI is InChI=1S/C29H28ClNO3/c1-5-33-28-19(3)29-25(26(17-34-29)22-11-13-23(30)14-12-22)16-24(28)18(2)15-27(32)31-20(4)21-9-7-6-8-10-21/h6-17,20H,5H2,1-4H3,(H,31,32)/b18-15+. The summed E-state index contributed by atoms with van der Waals surface area (Å²) < 4.78 is 12.0. The van der Waals surface area contributed by atoms with Crippen LogP contribution in [0.1, 0.15) is 43.5 Å². The molecular weight excluding hydrogens is 446 g/mol. The third kappa shape index (κ3) is 4.87. The van der Waals surface area contributed by atoms with E-state index in [1.165, 1.54) is 0 Å². The maximum Gasteiger partial charge on any atom is 0.244 e. The lowest BCUT2D eigenvalue weighted by molar-refractivity contribution is -0.117. The first-order chi connectivity index (χ1) is 16.4. The van der Waals surface area contributed by atoms with Crippen LogP contribution in [0.4, 0.5) is 0 Å². The van der Waals surface area contributed by atoms with E-state index >= 15 is 0 Å². The summed E-state index contributed by atoms with van der Waals surface area (Å²) in [5, 5.41) is 4.69. The van der Waals surface area contributed by atoms with Crippen LogP contribution in [-0.2, 0) is 4.79 Å². The van der Waals surface area contributed by atoms with Gasteiger partial charge in [-0.3, -0.25) is 4.79 Å². The fraction of sp³-hybridized carbons (Fsp3) is 0.207. The summed E-state index contributed by atoms with van der Waals surface area (Å²) in [4.78, 5) is 12.8. The highest BCUT2D eigenvalue weighted by atomic mass is 35.5. The van der Waals surface area contributed by atoms with Gasteiger partial charge in [0.1, 0.15) is 11.3 Å². The Hall–Kier alpha value is -3.50. The molecule has 0 bridgehead atoms. The molecule has 1 heterocycles. The number of nitrogens with one attached hydrogen (secondary N) is 1. The van der Waals surface area contributed by atoms with Gasteiger partial charge in [0.05, 0.1) is 18.9 Å². The van der Waals surface area contributed by atoms with Crippen molar-refractivity contribution < 1.29 is 13.9 Å². The van der Waals surface area contributed by atoms with Gasteiger partial charge in [0.2, 0.25) is 5.91 Å². The molecule has 5 heteroatoms. The second-order valence-corrected chi connectivity index (χ2v) is 8.75. The van der Waals surface area contributed by atoms with Gasteiger partial charge in [-0.2, -0.15) is 0 Å². The van der Waals surface area contributed by atoms with Crippen LogP contribution < -0.4 is 10.1 Å². The van der Waals surface area contributed by atoms with Crippen LogP contribution in [0.15, 0.2) is 77.4 Å². The van der Waals surface area contributed by atoms with Crippen molar-refractivity contribution >= 4 is 34.1 Å². The number of aryl methyl sites for hydroxylation is 1. The zero-order valence-corrected chi connectivity index (χ0v) is 20.6. The van der Waals surface area contributed by atoms with E-state index in [0.717, 1.165) is 50.1 Å². The molecule has 34 heavy (non-hydrogen) atoms. The zero-order chi connectivity index (χ0) is 24.2. The molecule has 0 saturated carbocycles. The predicted octanol–water partition coefficient (Wildman–Crippen LogP) is 7.74. The Kier molecular flexibility index (Phi) is 7.09. The van der Waals surface area contributed by atoms with Gasteiger partial charge in [0, 0.05) is 33.2 Å². The highest BCUT2D eigenvalue weighted by molar-refractivity contribution is 6.30. The average Bonchev–Trinajstić information content (AvgIpc) is 3.26. The second kappa shape index (κ2) is 10.2. The number of halogens is 1. The molecule has 174 valence electrons. The lowest BCUT2D eigenvalue weighted by atomic mass is 9.96. The van der Waals surface area contributed by atoms with Crippen molar-refractivity contribution in [3.8, 4) is 16.9 Å². The van der Waals surface area contributed by atoms with E-state index < -0.39 is 0 Å². The Bertz CT molecular complexity index is 1340. The molecule has 4 rings (SSSR count). The number of benzene rings is 3. The molecule has 1 atom stereocenters. The molecule has 4 aromatic rings. The van der Waals surface area contributed by atoms with Crippen LogP contribution in [-0.4, -0.2) is 12.5 Å². The molecule has 1 amide bonds. The normalized spacial score (nSPS) is 12.6. The van der Waals surface area contributed by atoms with Crippen molar-refractivity contribution in [1.29, 1.82) is 0 Å². The summed E-state index contributed by atoms with van der Waals surface area (Å²) in [6.07, 6.45) is 3.39. The van der Waals surface area contributed by atoms with Crippen LogP contribution in [0, 0.1) is 6.92 Å². The molecule has 0 aliphatic rings. The number of hydrogen-bond acceptors (Lipinski definition) is 3. The minimum absolute atomic E-state index is 0.0984. The molecule has 0 saturated heterocycles. The number of amides is 1. The summed E-state index contributed by atoms with van der Waals surface area (Å²) in [6, 6.07) is 19.5. The fourth-order valence-corrected chi connectivity index (χ4v) is 4.27. The lowest BCUT2D eigenvalue weighted by Gasteiger charge is -2.16. The van der Waals surface area contributed by atoms with Crippen LogP contribution >= 0.6 is 11.6 Å². The molecule has 0 aliphatic carbocycles. The number of hydrogen-bond donors (Lipinski definition) is 1. The molecular formula is C29H28ClNO3. The van der Waals surface area contributed by atoms with Gasteiger partial charge in [0.25, 0.3) is 0 Å². The largest absolute Gasteiger partial charge is 0.493 e. The molecule has 0 aliphatic heterocycles. The number of allylic oxidation sites excluding steroid dienone is 1. The van der Waals surface area contributed by atoms with Gasteiger partial charge in [-0.15, -0.1) is 0 Å². The highest BCUT2D eigenvalue weighted by Gasteiger charge is 2.19. The summed E-state index contributed by atoms with van der Waals surface area (Å²) in [5.41, 5.74) is 6.39. The monoisotopic (exact) mass is 473 g/mol. The van der Waals surface area contributed by atoms with Crippen LogP contribution in [0.3, 0.4) is 0 Å². The lowest BCUT2D eigenvalue weighted by Crippen LogP contribution is -2.24. The minimum Gasteiger partial charge on any atom is -0.493 e. The number of fused-ring (bicyclic) bond motifs is 1. The number of ether oxygens (including phenoxy) is 1. The first-order valence-electron chi connectivity index (χ1n) is 11.4. The second-order valence-electron chi connectivity index (χ2n) is 8.31. The zero-order valence-electron chi connectivity index (χ0n) is 19.8. The third-order valence-electron chi connectivity index (χ3n) is 5.92. The van der Waals surface area contributed by atoms with Crippen LogP contribution in [0.5, 0.6) is 5.75 Å². The maximum atomic E-state index is 12.8. The summed E-state index contributed by atoms with van der Waals surface area (Å²) in [7, 11) is 0. The number of carbonyl (C=O) groups is 1. The van der Waals surface area contributed by atoms with Crippen LogP contribution in [0.25, 0.3) is 27.7 Å². The van der Waals surface area contributed by atoms with E-state index in [2.05, 4.69) is 5.32 Å². The fourth-order valence-electron chi connectivity index (χ4n) is 4.15. The van der Waals surface area contributed by atoms with E-state index in [-0.39, 0.29) is 11.9 Å². The molecule has 0 fully saturated rings. The van der Waals surface area contributed by atoms with Gasteiger partial charge < -0.3 is 14.5 Å². The predicted molar refractivity (Wildman–Crippen MR) is 139 cm³/mol. The summed E-state index contributed by atoms with van der Waals surface area (Å²) in [5.74, 6) is 0.573. The molecule has 0 radical (unpaired) electrons. The average molecular weight is 474 g/mol. The van der Waals surface area contributed by atoms with E-state index in [4.69, 9.17) is 20.8 Å². The Morgan fingerprint density at radius 3 is 2.53 bits per heavy atom. The maximum absolute atomic E-state index is 12.8. The highest BCUT2D eigenvalue weighted by Crippen LogP contribution is 2.41. The minimum atomic E-state index is -0.154. The van der Waals surface area contributed by atoms with Gasteiger partial charge in [0.15, 0.2) is 0 Å². The van der Waals surface area contributed by atoms with E-state index in [0.29, 0.717) is 11.6 Å². The molecule has 1 N–H and O–H groups in total. The van der Waals surface area contributed by atoms with Crippen molar-refractivity contribution in [2.45, 2.75) is 33.7 Å². The summed E-state index contributed by atoms with van der Waals surface area (Å²) >= 11 is 6.08. The Morgan fingerprint density at radius 2 is 1.85 bits per heavy atom. The van der Waals surface area contributed by atoms with Crippen molar-refractivity contribution in [2.75, 3.05) is 6.61 Å². The molecule has 1 unspecified atom stereocenters. The van der Waals surface area contributed by atoms with Crippen LogP contribution in [0.2, 0.25) is 5.02 Å². The number of rotatable bonds is 7. The number of furan rings is 1. The molecule has 0 spiro atoms. The topological polar surface area (TPSA) is 51.5 Å². The first kappa shape index (κ1) is 23.7. The first-order valence-corrected chi connectivity index (χ1v) is 11.7. The molecule has 3 aromatic carbocycles. The third-order valence-corrected chi connectivity index (χ3v) is 6.17. The van der Waals surface area contributed by atoms with Crippen molar-refractivity contribution in [3.05, 3.63) is 94.7 Å². The Morgan fingerprint density at radius 1 is 1.15 bits per heavy atom. The van der Waals surface area contributed by atoms with Crippen molar-refractivity contribution in [3.63, 3.8) is 0 Å². The van der Waals surface area contributed by atoms with Crippen molar-refractivity contribution in [1.82, 2.24) is 5.32 Å². The van der Waals surface area contributed by atoms with Gasteiger partial charge in [-0.1, -0.05) is 54.1 Å². The Balaban J connectivity index is 1.73. The quantitative estimate of drug-likeness (QED) is 0.279. The van der Waals surface area contributed by atoms with E-state index in [1.807, 2.05) is 88.4 Å². The SMILES string of the molecule is CCOc1c(/C(C)=C/C(=O)NC(C)c2ccccc2)cc2c(-c3ccc(Cl)cc3)coc2c1C. The van der Waals surface area contributed by atoms with Gasteiger partial charge in [-0.05, 0) is 62.6 Å². The Labute approximate surface area is 205 Å². The van der Waals surface area contributed by atoms with E-state index in [1.54, 1.807) is 12.3 Å². The molecule has 4 nitrogen and oxygen atoms in total. The molecule has 1 aromatic heterocycles. The van der Waals surface area contributed by atoms with Gasteiger partial charge in [-0.25, -0.2) is 0 Å². The number of carbonyl (C=O) groups excluding carboxylic acids is 1. The smallest absolute Gasteiger partial charge is 0.244 e.